The van der Waals surface area contributed by atoms with Crippen molar-refractivity contribution in [2.24, 2.45) is 11.1 Å². The maximum atomic E-state index is 12.9. The highest BCUT2D eigenvalue weighted by Gasteiger charge is 2.45. The molecular formula is C25H32ClN5O4S. The number of rotatable bonds is 8. The zero-order chi connectivity index (χ0) is 24.8. The number of hydrogen-bond donors (Lipinski definition) is 1. The first-order valence-corrected chi connectivity index (χ1v) is 14.7. The van der Waals surface area contributed by atoms with Gasteiger partial charge in [-0.3, -0.25) is 4.68 Å². The van der Waals surface area contributed by atoms with Crippen molar-refractivity contribution < 1.29 is 18.0 Å². The van der Waals surface area contributed by atoms with Gasteiger partial charge in [0.2, 0.25) is 10.0 Å². The van der Waals surface area contributed by atoms with Crippen LogP contribution in [-0.4, -0.2) is 62.4 Å². The number of sulfonamides is 1. The summed E-state index contributed by atoms with van der Waals surface area (Å²) in [6.07, 6.45) is 10.0. The summed E-state index contributed by atoms with van der Waals surface area (Å²) in [6, 6.07) is 5.18. The van der Waals surface area contributed by atoms with Crippen molar-refractivity contribution >= 4 is 33.0 Å². The van der Waals surface area contributed by atoms with E-state index in [9.17, 15) is 8.42 Å². The average molecular weight is 534 g/mol. The van der Waals surface area contributed by atoms with Crippen molar-refractivity contribution in [1.29, 1.82) is 0 Å². The van der Waals surface area contributed by atoms with E-state index >= 15 is 0 Å². The summed E-state index contributed by atoms with van der Waals surface area (Å²) in [5, 5.41) is 8.96. The fraction of sp³-hybridized carbons (Fsp3) is 0.600. The molecule has 2 saturated heterocycles. The van der Waals surface area contributed by atoms with E-state index < -0.39 is 10.0 Å². The van der Waals surface area contributed by atoms with E-state index in [2.05, 4.69) is 19.9 Å². The van der Waals surface area contributed by atoms with E-state index in [0.717, 1.165) is 56.6 Å². The van der Waals surface area contributed by atoms with Crippen LogP contribution in [0, 0.1) is 5.92 Å². The van der Waals surface area contributed by atoms with E-state index in [1.165, 1.54) is 18.6 Å². The maximum absolute atomic E-state index is 12.9. The lowest BCUT2D eigenvalue weighted by atomic mass is 9.86. The van der Waals surface area contributed by atoms with Crippen molar-refractivity contribution in [1.82, 2.24) is 14.5 Å². The van der Waals surface area contributed by atoms with Crippen LogP contribution in [0.4, 0.5) is 5.69 Å². The van der Waals surface area contributed by atoms with Crippen molar-refractivity contribution in [2.75, 3.05) is 37.7 Å². The van der Waals surface area contributed by atoms with Gasteiger partial charge in [-0.1, -0.05) is 16.8 Å². The number of nitrogens with zero attached hydrogens (tertiary/aromatic N) is 4. The standard InChI is InChI=1S/C25H32ClN5O4S/c26-22-13-21(30-9-6-25(7-10-30)14-23(29-35-25)18-1-2-18)3-4-24(22)36(32,33)28-8-11-31-16-20(15-27-31)19-5-12-34-17-19/h3-4,13,15-16,18-19,28H,1-2,5-12,14,17H2. The number of ether oxygens (including phenoxy) is 1. The third kappa shape index (κ3) is 5.01. The molecule has 4 aliphatic rings. The quantitative estimate of drug-likeness (QED) is 0.557. The lowest BCUT2D eigenvalue weighted by molar-refractivity contribution is -0.0359. The predicted octanol–water partition coefficient (Wildman–Crippen LogP) is 3.54. The highest BCUT2D eigenvalue weighted by Crippen LogP contribution is 2.42. The second kappa shape index (κ2) is 9.63. The van der Waals surface area contributed by atoms with Crippen LogP contribution in [0.1, 0.15) is 50.0 Å². The van der Waals surface area contributed by atoms with Gasteiger partial charge in [-0.2, -0.15) is 5.10 Å². The summed E-state index contributed by atoms with van der Waals surface area (Å²) in [5.74, 6) is 1.02. The van der Waals surface area contributed by atoms with Gasteiger partial charge in [0.25, 0.3) is 0 Å². The van der Waals surface area contributed by atoms with Gasteiger partial charge in [-0.05, 0) is 43.0 Å². The van der Waals surface area contributed by atoms with Crippen molar-refractivity contribution in [2.45, 2.75) is 61.5 Å². The topological polar surface area (TPSA) is 98.0 Å². The fourth-order valence-electron chi connectivity index (χ4n) is 5.41. The van der Waals surface area contributed by atoms with Crippen LogP contribution in [0.15, 0.2) is 40.6 Å². The Morgan fingerprint density at radius 1 is 1.17 bits per heavy atom. The molecule has 6 rings (SSSR count). The number of halogens is 1. The van der Waals surface area contributed by atoms with Crippen LogP contribution in [-0.2, 0) is 26.1 Å². The number of piperidine rings is 1. The third-order valence-electron chi connectivity index (χ3n) is 7.84. The minimum absolute atomic E-state index is 0.0901. The lowest BCUT2D eigenvalue weighted by Gasteiger charge is -2.38. The Kier molecular flexibility index (Phi) is 6.47. The second-order valence-corrected chi connectivity index (χ2v) is 12.5. The smallest absolute Gasteiger partial charge is 0.242 e. The minimum Gasteiger partial charge on any atom is -0.389 e. The monoisotopic (exact) mass is 533 g/mol. The molecule has 36 heavy (non-hydrogen) atoms. The summed E-state index contributed by atoms with van der Waals surface area (Å²) in [5.41, 5.74) is 3.14. The largest absolute Gasteiger partial charge is 0.389 e. The van der Waals surface area contributed by atoms with Crippen LogP contribution in [0.2, 0.25) is 5.02 Å². The Balaban J connectivity index is 1.03. The van der Waals surface area contributed by atoms with E-state index in [4.69, 9.17) is 21.2 Å². The van der Waals surface area contributed by atoms with Crippen LogP contribution < -0.4 is 9.62 Å². The van der Waals surface area contributed by atoms with Crippen LogP contribution in [0.25, 0.3) is 0 Å². The molecule has 11 heteroatoms. The Bertz CT molecular complexity index is 1240. The van der Waals surface area contributed by atoms with E-state index in [-0.39, 0.29) is 22.1 Å². The molecule has 3 aliphatic heterocycles. The first-order valence-electron chi connectivity index (χ1n) is 12.8. The Morgan fingerprint density at radius 3 is 2.72 bits per heavy atom. The third-order valence-corrected chi connectivity index (χ3v) is 9.78. The molecule has 1 unspecified atom stereocenters. The number of oxime groups is 1. The molecule has 1 spiro atoms. The van der Waals surface area contributed by atoms with Crippen molar-refractivity contribution in [3.05, 3.63) is 41.2 Å². The minimum atomic E-state index is -3.74. The molecule has 194 valence electrons. The van der Waals surface area contributed by atoms with E-state index in [0.29, 0.717) is 25.0 Å². The number of aromatic nitrogens is 2. The van der Waals surface area contributed by atoms with Gasteiger partial charge in [-0.15, -0.1) is 0 Å². The molecule has 1 saturated carbocycles. The van der Waals surface area contributed by atoms with Gasteiger partial charge in [0.1, 0.15) is 10.5 Å². The molecule has 0 bridgehead atoms. The lowest BCUT2D eigenvalue weighted by Crippen LogP contribution is -2.44. The molecule has 4 heterocycles. The summed E-state index contributed by atoms with van der Waals surface area (Å²) in [7, 11) is -3.74. The molecule has 1 atom stereocenters. The normalized spacial score (nSPS) is 23.8. The SMILES string of the molecule is O=S(=O)(NCCn1cc(C2CCOC2)cn1)c1ccc(N2CCC3(CC2)CC(C2CC2)=NO3)cc1Cl. The van der Waals surface area contributed by atoms with Gasteiger partial charge in [0.15, 0.2) is 0 Å². The molecule has 1 aliphatic carbocycles. The van der Waals surface area contributed by atoms with Gasteiger partial charge < -0.3 is 14.5 Å². The molecule has 0 radical (unpaired) electrons. The molecule has 1 aromatic carbocycles. The van der Waals surface area contributed by atoms with Crippen molar-refractivity contribution in [3.63, 3.8) is 0 Å². The Labute approximate surface area is 216 Å². The summed E-state index contributed by atoms with van der Waals surface area (Å²) in [6.45, 7) is 3.81. The van der Waals surface area contributed by atoms with E-state index in [1.54, 1.807) is 16.8 Å². The first-order chi connectivity index (χ1) is 17.4. The summed E-state index contributed by atoms with van der Waals surface area (Å²) < 4.78 is 35.7. The number of benzene rings is 1. The first kappa shape index (κ1) is 24.2. The van der Waals surface area contributed by atoms with Crippen LogP contribution in [0.5, 0.6) is 0 Å². The summed E-state index contributed by atoms with van der Waals surface area (Å²) in [4.78, 5) is 8.23. The highest BCUT2D eigenvalue weighted by atomic mass is 35.5. The molecule has 1 aromatic heterocycles. The highest BCUT2D eigenvalue weighted by molar-refractivity contribution is 7.89. The van der Waals surface area contributed by atoms with Gasteiger partial charge in [-0.25, -0.2) is 13.1 Å². The molecule has 9 nitrogen and oxygen atoms in total. The predicted molar refractivity (Wildman–Crippen MR) is 137 cm³/mol. The number of anilines is 1. The second-order valence-electron chi connectivity index (χ2n) is 10.4. The van der Waals surface area contributed by atoms with Gasteiger partial charge in [0, 0.05) is 69.2 Å². The summed E-state index contributed by atoms with van der Waals surface area (Å²) >= 11 is 6.47. The fourth-order valence-corrected chi connectivity index (χ4v) is 6.97. The molecule has 3 fully saturated rings. The zero-order valence-electron chi connectivity index (χ0n) is 20.2. The maximum Gasteiger partial charge on any atom is 0.242 e. The zero-order valence-corrected chi connectivity index (χ0v) is 21.8. The van der Waals surface area contributed by atoms with Gasteiger partial charge >= 0.3 is 0 Å². The molecule has 0 amide bonds. The van der Waals surface area contributed by atoms with Crippen molar-refractivity contribution in [3.8, 4) is 0 Å². The van der Waals surface area contributed by atoms with Gasteiger partial charge in [0.05, 0.1) is 30.1 Å². The van der Waals surface area contributed by atoms with Crippen LogP contribution >= 0.6 is 11.6 Å². The Morgan fingerprint density at radius 2 is 2.00 bits per heavy atom. The Hall–Kier alpha value is -2.14. The van der Waals surface area contributed by atoms with E-state index in [1.807, 2.05) is 18.5 Å². The number of hydrogen-bond acceptors (Lipinski definition) is 7. The van der Waals surface area contributed by atoms with Crippen LogP contribution in [0.3, 0.4) is 0 Å². The molecule has 1 N–H and O–H groups in total. The number of nitrogens with one attached hydrogen (secondary N) is 1. The molecule has 2 aromatic rings. The molecular weight excluding hydrogens is 502 g/mol. The average Bonchev–Trinajstić information content (AvgIpc) is 3.23.